The fraction of sp³-hybridized carbons (Fsp3) is 0.219. The van der Waals surface area contributed by atoms with Crippen LogP contribution in [0.5, 0.6) is 5.75 Å². The predicted octanol–water partition coefficient (Wildman–Crippen LogP) is 17.4. The molecule has 4 heterocycles. The third kappa shape index (κ3) is 7.31. The number of hydrogen-bond acceptors (Lipinski definition) is 4. The van der Waals surface area contributed by atoms with E-state index in [2.05, 4.69) is 218 Å². The number of benzene rings is 8. The van der Waals surface area contributed by atoms with Gasteiger partial charge in [-0.15, -0.1) is 6.07 Å². The Hall–Kier alpha value is -7.01. The average molecular weight is 1110 g/mol. The Labute approximate surface area is 429 Å². The minimum absolute atomic E-state index is 0. The summed E-state index contributed by atoms with van der Waals surface area (Å²) in [5.74, 6) is 1.29. The van der Waals surface area contributed by atoms with E-state index in [4.69, 9.17) is 14.4 Å². The third-order valence-electron chi connectivity index (χ3n) is 14.5. The van der Waals surface area contributed by atoms with Crippen LogP contribution in [-0.2, 0) is 31.9 Å². The molecule has 0 bridgehead atoms. The molecule has 0 amide bonds. The van der Waals surface area contributed by atoms with Gasteiger partial charge < -0.3 is 13.9 Å². The molecule has 0 fully saturated rings. The number of furan rings is 1. The van der Waals surface area contributed by atoms with E-state index in [-0.39, 0.29) is 49.5 Å². The van der Waals surface area contributed by atoms with Crippen LogP contribution in [0.1, 0.15) is 103 Å². The molecule has 0 aliphatic heterocycles. The molecule has 4 aromatic heterocycles. The van der Waals surface area contributed by atoms with E-state index in [1.54, 1.807) is 0 Å². The summed E-state index contributed by atoms with van der Waals surface area (Å²) in [5, 5.41) is 17.9. The first kappa shape index (κ1) is 46.4. The summed E-state index contributed by atoms with van der Waals surface area (Å²) >= 11 is 0. The van der Waals surface area contributed by atoms with Gasteiger partial charge in [0.15, 0.2) is 0 Å². The van der Waals surface area contributed by atoms with Crippen LogP contribution in [0.25, 0.3) is 111 Å². The van der Waals surface area contributed by atoms with Gasteiger partial charge in [0.05, 0.1) is 44.5 Å². The molecule has 6 nitrogen and oxygen atoms in total. The molecule has 71 heavy (non-hydrogen) atoms. The minimum Gasteiger partial charge on any atom is -0.507 e. The molecule has 7 heteroatoms. The molecular weight excluding hydrogens is 1050 g/mol. The maximum atomic E-state index is 12.7. The van der Waals surface area contributed by atoms with Crippen molar-refractivity contribution >= 4 is 71.3 Å². The van der Waals surface area contributed by atoms with Gasteiger partial charge in [0.1, 0.15) is 17.2 Å². The Balaban J connectivity index is 0.00000547. The van der Waals surface area contributed by atoms with E-state index in [1.165, 1.54) is 22.3 Å². The van der Waals surface area contributed by atoms with Crippen LogP contribution in [0, 0.1) is 6.07 Å². The second-order valence-corrected chi connectivity index (χ2v) is 21.9. The number of rotatable bonds is 6. The monoisotopic (exact) mass is 1110 g/mol. The standard InChI is InChI=1S/C64H57N4O2.Pt/c1-36(2)45-30-39(38-20-12-11-13-21-38)31-46(37(3)4)59(45)68-54-28-19-25-44(58(54)66-62(68)50-32-40(63(5,6)7)33-51(60(50)69)64(8,9)10)43-24-18-27-53-57(43)65-61-49-35-56-48(42-23-15-17-29-55(42)70-56)34-47(49)41-22-14-16-26-52(41)67(53)61;/h11-34,36-37,69H,1-10H3;/q-1;. The maximum absolute atomic E-state index is 12.7. The molecule has 12 rings (SSSR count). The molecule has 0 spiro atoms. The quantitative estimate of drug-likeness (QED) is 0.133. The van der Waals surface area contributed by atoms with Crippen LogP contribution in [0.15, 0.2) is 150 Å². The summed E-state index contributed by atoms with van der Waals surface area (Å²) in [6.07, 6.45) is 0. The van der Waals surface area contributed by atoms with Crippen LogP contribution in [0.4, 0.5) is 0 Å². The van der Waals surface area contributed by atoms with E-state index in [1.807, 2.05) is 12.1 Å². The van der Waals surface area contributed by atoms with Crippen molar-refractivity contribution in [3.63, 3.8) is 0 Å². The van der Waals surface area contributed by atoms with Crippen LogP contribution in [0.3, 0.4) is 0 Å². The summed E-state index contributed by atoms with van der Waals surface area (Å²) in [4.78, 5) is 11.4. The SMILES string of the molecule is CC(C)c1cc(-c2ccccc2)cc(C(C)C)c1-n1c(-c2cc(C(C)(C)C)cc(C(C)(C)C)c2O)nc2c(-c3cccc4c3nc3c5[c-]c6oc7ccccc7c6cc5c5ccccc5n43)cccc21.[Pt]. The first-order valence-corrected chi connectivity index (χ1v) is 24.7. The van der Waals surface area contributed by atoms with E-state index >= 15 is 0 Å². The minimum atomic E-state index is -0.341. The van der Waals surface area contributed by atoms with Gasteiger partial charge in [-0.1, -0.05) is 189 Å². The molecule has 0 unspecified atom stereocenters. The van der Waals surface area contributed by atoms with Gasteiger partial charge in [-0.05, 0) is 104 Å². The topological polar surface area (TPSA) is 68.5 Å². The van der Waals surface area contributed by atoms with E-state index in [0.29, 0.717) is 17.0 Å². The molecule has 0 saturated heterocycles. The van der Waals surface area contributed by atoms with Crippen LogP contribution >= 0.6 is 0 Å². The molecule has 0 aliphatic rings. The fourth-order valence-corrected chi connectivity index (χ4v) is 10.9. The van der Waals surface area contributed by atoms with Crippen LogP contribution < -0.4 is 0 Å². The molecule has 0 atom stereocenters. The smallest absolute Gasteiger partial charge is 0.149 e. The van der Waals surface area contributed by atoms with Crippen LogP contribution in [-0.4, -0.2) is 24.0 Å². The van der Waals surface area contributed by atoms with Gasteiger partial charge >= 0.3 is 0 Å². The van der Waals surface area contributed by atoms with Crippen LogP contribution in [0.2, 0.25) is 0 Å². The van der Waals surface area contributed by atoms with Crippen molar-refractivity contribution in [3.8, 4) is 45.1 Å². The molecular formula is C64H57N4O2Pt-. The fourth-order valence-electron chi connectivity index (χ4n) is 10.9. The second-order valence-electron chi connectivity index (χ2n) is 21.9. The van der Waals surface area contributed by atoms with Gasteiger partial charge in [-0.2, -0.15) is 0 Å². The number of imidazole rings is 2. The summed E-state index contributed by atoms with van der Waals surface area (Å²) < 4.78 is 11.1. The Bertz CT molecular complexity index is 4070. The van der Waals surface area contributed by atoms with Crippen molar-refractivity contribution in [2.24, 2.45) is 0 Å². The van der Waals surface area contributed by atoms with Crippen molar-refractivity contribution in [2.75, 3.05) is 0 Å². The Morgan fingerprint density at radius 2 is 1.15 bits per heavy atom. The third-order valence-corrected chi connectivity index (χ3v) is 14.5. The van der Waals surface area contributed by atoms with E-state index in [9.17, 15) is 5.11 Å². The number of phenolic OH excluding ortho intramolecular Hbond substituents is 1. The van der Waals surface area contributed by atoms with Gasteiger partial charge in [-0.25, -0.2) is 4.98 Å². The van der Waals surface area contributed by atoms with Gasteiger partial charge in [0, 0.05) is 43.3 Å². The molecule has 8 aromatic carbocycles. The molecule has 0 saturated carbocycles. The van der Waals surface area contributed by atoms with Gasteiger partial charge in [-0.3, -0.25) is 9.55 Å². The number of nitrogens with zero attached hydrogens (tertiary/aromatic N) is 4. The number of aromatic hydroxyl groups is 1. The maximum Gasteiger partial charge on any atom is 0.149 e. The zero-order chi connectivity index (χ0) is 48.5. The van der Waals surface area contributed by atoms with Crippen molar-refractivity contribution < 1.29 is 30.6 Å². The number of phenols is 1. The van der Waals surface area contributed by atoms with Crippen molar-refractivity contribution in [1.82, 2.24) is 18.9 Å². The number of aromatic nitrogens is 4. The summed E-state index contributed by atoms with van der Waals surface area (Å²) in [5.41, 5.74) is 17.2. The van der Waals surface area contributed by atoms with E-state index < -0.39 is 0 Å². The molecule has 12 aromatic rings. The van der Waals surface area contributed by atoms with E-state index in [0.717, 1.165) is 93.7 Å². The second kappa shape index (κ2) is 16.8. The summed E-state index contributed by atoms with van der Waals surface area (Å²) in [6.45, 7) is 22.4. The predicted molar refractivity (Wildman–Crippen MR) is 292 cm³/mol. The first-order valence-electron chi connectivity index (χ1n) is 24.7. The number of pyridine rings is 1. The van der Waals surface area contributed by atoms with Crippen molar-refractivity contribution in [2.45, 2.75) is 91.9 Å². The van der Waals surface area contributed by atoms with Crippen molar-refractivity contribution in [3.05, 3.63) is 174 Å². The zero-order valence-corrected chi connectivity index (χ0v) is 44.2. The molecule has 0 aliphatic carbocycles. The number of fused-ring (bicyclic) bond motifs is 12. The van der Waals surface area contributed by atoms with Crippen molar-refractivity contribution in [1.29, 1.82) is 0 Å². The summed E-state index contributed by atoms with van der Waals surface area (Å²) in [6, 6.07) is 55.6. The Morgan fingerprint density at radius 1 is 0.549 bits per heavy atom. The first-order chi connectivity index (χ1) is 33.6. The molecule has 0 radical (unpaired) electrons. The Morgan fingerprint density at radius 3 is 1.82 bits per heavy atom. The zero-order valence-electron chi connectivity index (χ0n) is 42.0. The normalized spacial score (nSPS) is 12.6. The van der Waals surface area contributed by atoms with Gasteiger partial charge in [0.25, 0.3) is 0 Å². The number of hydrogen-bond donors (Lipinski definition) is 1. The van der Waals surface area contributed by atoms with Gasteiger partial charge in [0.2, 0.25) is 0 Å². The molecule has 1 N–H and O–H groups in total. The number of para-hydroxylation sites is 4. The summed E-state index contributed by atoms with van der Waals surface area (Å²) in [7, 11) is 0. The largest absolute Gasteiger partial charge is 0.507 e. The molecule has 356 valence electrons. The average Bonchev–Trinajstić information content (AvgIpc) is 4.04. The Kier molecular flexibility index (Phi) is 11.0.